The standard InChI is InChI=1S/C11H20N4O/c1-9(16)6-10-4-3-5-15(10)7-11-13-12-8-14(11)2/h8-10,16H,3-7H2,1-2H3. The van der Waals surface area contributed by atoms with Gasteiger partial charge in [-0.1, -0.05) is 0 Å². The van der Waals surface area contributed by atoms with Gasteiger partial charge in [0.25, 0.3) is 0 Å². The van der Waals surface area contributed by atoms with Crippen LogP contribution in [0.25, 0.3) is 0 Å². The van der Waals surface area contributed by atoms with Crippen LogP contribution in [0.15, 0.2) is 6.33 Å². The van der Waals surface area contributed by atoms with Crippen molar-refractivity contribution >= 4 is 0 Å². The Morgan fingerprint density at radius 2 is 2.44 bits per heavy atom. The molecule has 2 heterocycles. The maximum Gasteiger partial charge on any atom is 0.146 e. The van der Waals surface area contributed by atoms with Crippen molar-refractivity contribution in [1.29, 1.82) is 0 Å². The van der Waals surface area contributed by atoms with Gasteiger partial charge < -0.3 is 9.67 Å². The second-order valence-corrected chi connectivity index (χ2v) is 4.71. The van der Waals surface area contributed by atoms with Crippen molar-refractivity contribution in [2.45, 2.75) is 44.9 Å². The van der Waals surface area contributed by atoms with E-state index in [0.717, 1.165) is 25.3 Å². The average Bonchev–Trinajstić information content (AvgIpc) is 2.78. The number of nitrogens with zero attached hydrogens (tertiary/aromatic N) is 4. The molecule has 0 radical (unpaired) electrons. The van der Waals surface area contributed by atoms with E-state index in [2.05, 4.69) is 15.1 Å². The van der Waals surface area contributed by atoms with Crippen molar-refractivity contribution in [3.8, 4) is 0 Å². The molecule has 1 aliphatic heterocycles. The number of hydrogen-bond donors (Lipinski definition) is 1. The highest BCUT2D eigenvalue weighted by Crippen LogP contribution is 2.22. The summed E-state index contributed by atoms with van der Waals surface area (Å²) >= 11 is 0. The van der Waals surface area contributed by atoms with Gasteiger partial charge in [-0.2, -0.15) is 0 Å². The lowest BCUT2D eigenvalue weighted by Gasteiger charge is -2.24. The third-order valence-electron chi connectivity index (χ3n) is 3.26. The Kier molecular flexibility index (Phi) is 3.56. The Balaban J connectivity index is 1.96. The number of aliphatic hydroxyl groups excluding tert-OH is 1. The zero-order chi connectivity index (χ0) is 11.5. The van der Waals surface area contributed by atoms with Crippen LogP contribution in [0.5, 0.6) is 0 Å². The van der Waals surface area contributed by atoms with Gasteiger partial charge in [-0.05, 0) is 32.7 Å². The molecule has 0 bridgehead atoms. The summed E-state index contributed by atoms with van der Waals surface area (Å²) in [6.45, 7) is 3.80. The van der Waals surface area contributed by atoms with E-state index in [9.17, 15) is 5.11 Å². The summed E-state index contributed by atoms with van der Waals surface area (Å²) in [6, 6.07) is 0.497. The largest absolute Gasteiger partial charge is 0.393 e. The lowest BCUT2D eigenvalue weighted by Crippen LogP contribution is -2.32. The summed E-state index contributed by atoms with van der Waals surface area (Å²) in [6.07, 6.45) is 4.77. The molecular formula is C11H20N4O. The first-order valence-electron chi connectivity index (χ1n) is 5.92. The van der Waals surface area contributed by atoms with Gasteiger partial charge in [-0.3, -0.25) is 4.90 Å². The van der Waals surface area contributed by atoms with E-state index < -0.39 is 0 Å². The molecule has 16 heavy (non-hydrogen) atoms. The molecule has 0 amide bonds. The molecule has 1 N–H and O–H groups in total. The van der Waals surface area contributed by atoms with E-state index in [-0.39, 0.29) is 6.10 Å². The summed E-state index contributed by atoms with van der Waals surface area (Å²) < 4.78 is 1.96. The highest BCUT2D eigenvalue weighted by molar-refractivity contribution is 4.89. The minimum Gasteiger partial charge on any atom is -0.393 e. The van der Waals surface area contributed by atoms with Crippen LogP contribution in [0.4, 0.5) is 0 Å². The first-order chi connectivity index (χ1) is 7.66. The molecule has 1 aliphatic rings. The predicted octanol–water partition coefficient (Wildman–Crippen LogP) is 0.550. The number of rotatable bonds is 4. The maximum atomic E-state index is 9.45. The fourth-order valence-electron chi connectivity index (χ4n) is 2.40. The molecule has 2 atom stereocenters. The Bertz CT molecular complexity index is 336. The van der Waals surface area contributed by atoms with Gasteiger partial charge in [0, 0.05) is 13.1 Å². The lowest BCUT2D eigenvalue weighted by molar-refractivity contribution is 0.129. The second kappa shape index (κ2) is 4.93. The first-order valence-corrected chi connectivity index (χ1v) is 5.92. The van der Waals surface area contributed by atoms with Gasteiger partial charge in [0.15, 0.2) is 0 Å². The van der Waals surface area contributed by atoms with Crippen molar-refractivity contribution in [3.63, 3.8) is 0 Å². The number of aryl methyl sites for hydroxylation is 1. The van der Waals surface area contributed by atoms with Crippen molar-refractivity contribution in [2.24, 2.45) is 7.05 Å². The SMILES string of the molecule is CC(O)CC1CCCN1Cc1nncn1C. The van der Waals surface area contributed by atoms with Crippen LogP contribution >= 0.6 is 0 Å². The molecule has 1 aromatic heterocycles. The van der Waals surface area contributed by atoms with Gasteiger partial charge in [-0.25, -0.2) is 0 Å². The van der Waals surface area contributed by atoms with Crippen LogP contribution in [0, 0.1) is 0 Å². The summed E-state index contributed by atoms with van der Waals surface area (Å²) in [4.78, 5) is 2.40. The Morgan fingerprint density at radius 3 is 3.06 bits per heavy atom. The third-order valence-corrected chi connectivity index (χ3v) is 3.26. The van der Waals surface area contributed by atoms with E-state index in [1.807, 2.05) is 18.5 Å². The molecule has 1 aromatic rings. The highest BCUT2D eigenvalue weighted by atomic mass is 16.3. The van der Waals surface area contributed by atoms with Gasteiger partial charge in [0.05, 0.1) is 12.6 Å². The normalized spacial score (nSPS) is 23.8. The van der Waals surface area contributed by atoms with E-state index in [1.165, 1.54) is 12.8 Å². The molecule has 1 fully saturated rings. The van der Waals surface area contributed by atoms with Crippen molar-refractivity contribution in [2.75, 3.05) is 6.54 Å². The number of aromatic nitrogens is 3. The molecule has 0 spiro atoms. The molecule has 0 saturated carbocycles. The lowest BCUT2D eigenvalue weighted by atomic mass is 10.1. The molecule has 5 heteroatoms. The predicted molar refractivity (Wildman–Crippen MR) is 60.7 cm³/mol. The van der Waals surface area contributed by atoms with Gasteiger partial charge >= 0.3 is 0 Å². The minimum atomic E-state index is -0.218. The smallest absolute Gasteiger partial charge is 0.146 e. The zero-order valence-corrected chi connectivity index (χ0v) is 10.0. The second-order valence-electron chi connectivity index (χ2n) is 4.71. The van der Waals surface area contributed by atoms with Crippen molar-refractivity contribution in [1.82, 2.24) is 19.7 Å². The molecule has 1 saturated heterocycles. The van der Waals surface area contributed by atoms with Crippen LogP contribution in [-0.2, 0) is 13.6 Å². The molecule has 0 aliphatic carbocycles. The summed E-state index contributed by atoms with van der Waals surface area (Å²) in [7, 11) is 1.97. The van der Waals surface area contributed by atoms with Crippen LogP contribution < -0.4 is 0 Å². The molecule has 2 unspecified atom stereocenters. The molecule has 2 rings (SSSR count). The number of likely N-dealkylation sites (tertiary alicyclic amines) is 1. The molecule has 5 nitrogen and oxygen atoms in total. The van der Waals surface area contributed by atoms with E-state index in [4.69, 9.17) is 0 Å². The maximum absolute atomic E-state index is 9.45. The highest BCUT2D eigenvalue weighted by Gasteiger charge is 2.26. The third kappa shape index (κ3) is 2.59. The number of aliphatic hydroxyl groups is 1. The fourth-order valence-corrected chi connectivity index (χ4v) is 2.40. The topological polar surface area (TPSA) is 54.2 Å². The molecule has 0 aromatic carbocycles. The molecule has 90 valence electrons. The van der Waals surface area contributed by atoms with Crippen molar-refractivity contribution in [3.05, 3.63) is 12.2 Å². The Hall–Kier alpha value is -0.940. The van der Waals surface area contributed by atoms with Crippen molar-refractivity contribution < 1.29 is 5.11 Å². The fraction of sp³-hybridized carbons (Fsp3) is 0.818. The Labute approximate surface area is 96.1 Å². The van der Waals surface area contributed by atoms with Gasteiger partial charge in [-0.15, -0.1) is 10.2 Å². The number of hydrogen-bond acceptors (Lipinski definition) is 4. The summed E-state index contributed by atoms with van der Waals surface area (Å²) in [5.41, 5.74) is 0. The van der Waals surface area contributed by atoms with Crippen LogP contribution in [-0.4, -0.2) is 43.5 Å². The van der Waals surface area contributed by atoms with Crippen LogP contribution in [0.1, 0.15) is 32.0 Å². The van der Waals surface area contributed by atoms with Crippen LogP contribution in [0.2, 0.25) is 0 Å². The first kappa shape index (κ1) is 11.5. The van der Waals surface area contributed by atoms with Gasteiger partial charge in [0.2, 0.25) is 0 Å². The summed E-state index contributed by atoms with van der Waals surface area (Å²) in [5, 5.41) is 17.4. The Morgan fingerprint density at radius 1 is 1.62 bits per heavy atom. The van der Waals surface area contributed by atoms with Crippen LogP contribution in [0.3, 0.4) is 0 Å². The monoisotopic (exact) mass is 224 g/mol. The average molecular weight is 224 g/mol. The van der Waals surface area contributed by atoms with E-state index in [0.29, 0.717) is 6.04 Å². The quantitative estimate of drug-likeness (QED) is 0.811. The molecular weight excluding hydrogens is 204 g/mol. The minimum absolute atomic E-state index is 0.218. The van der Waals surface area contributed by atoms with Gasteiger partial charge in [0.1, 0.15) is 12.2 Å². The summed E-state index contributed by atoms with van der Waals surface area (Å²) in [5.74, 6) is 0.998. The van der Waals surface area contributed by atoms with E-state index in [1.54, 1.807) is 6.33 Å². The van der Waals surface area contributed by atoms with E-state index >= 15 is 0 Å². The zero-order valence-electron chi connectivity index (χ0n) is 10.0.